The fourth-order valence-corrected chi connectivity index (χ4v) is 7.22. The van der Waals surface area contributed by atoms with E-state index in [-0.39, 0.29) is 30.3 Å². The minimum atomic E-state index is -4.38. The van der Waals surface area contributed by atoms with Gasteiger partial charge in [0.2, 0.25) is 11.8 Å². The maximum atomic E-state index is 14.4. The first-order valence-corrected chi connectivity index (χ1v) is 18.5. The van der Waals surface area contributed by atoms with E-state index in [1.54, 1.807) is 80.1 Å². The normalized spacial score (nSPS) is 22.0. The molecule has 3 N–H and O–H groups in total. The first-order valence-electron chi connectivity index (χ1n) is 17.1. The zero-order chi connectivity index (χ0) is 39.1. The molecule has 1 aliphatic carbocycles. The molecular weight excluding hydrogens is 707 g/mol. The average molecular weight is 754 g/mol. The Morgan fingerprint density at radius 2 is 1.81 bits per heavy atom. The number of fused-ring (bicyclic) bond motifs is 1. The molecule has 0 radical (unpaired) electrons. The largest absolute Gasteiger partial charge is 0.497 e. The van der Waals surface area contributed by atoms with Gasteiger partial charge in [0.15, 0.2) is 11.1 Å². The maximum Gasteiger partial charge on any atom is 0.408 e. The molecular formula is C36H47N7O9S. The summed E-state index contributed by atoms with van der Waals surface area (Å²) in [6, 6.07) is 5.95. The van der Waals surface area contributed by atoms with Crippen LogP contribution in [0.1, 0.15) is 54.4 Å². The maximum absolute atomic E-state index is 14.4. The van der Waals surface area contributed by atoms with Crippen molar-refractivity contribution in [2.24, 2.45) is 18.4 Å². The summed E-state index contributed by atoms with van der Waals surface area (Å²) in [6.07, 6.45) is 2.66. The lowest BCUT2D eigenvalue weighted by molar-refractivity contribution is -0.150. The third kappa shape index (κ3) is 8.56. The van der Waals surface area contributed by atoms with Crippen LogP contribution >= 0.6 is 0 Å². The summed E-state index contributed by atoms with van der Waals surface area (Å²) in [5.74, 6) is -2.07. The summed E-state index contributed by atoms with van der Waals surface area (Å²) in [5, 5.41) is 6.53. The highest BCUT2D eigenvalue weighted by molar-refractivity contribution is 7.90. The highest BCUT2D eigenvalue weighted by Crippen LogP contribution is 2.45. The van der Waals surface area contributed by atoms with Crippen LogP contribution in [0.5, 0.6) is 11.6 Å². The van der Waals surface area contributed by atoms with Crippen LogP contribution in [0.25, 0.3) is 10.8 Å². The van der Waals surface area contributed by atoms with Crippen LogP contribution in [0, 0.1) is 11.3 Å². The second-order valence-electron chi connectivity index (χ2n) is 15.5. The highest BCUT2D eigenvalue weighted by Gasteiger charge is 2.61. The number of sulfonamides is 1. The van der Waals surface area contributed by atoms with Gasteiger partial charge in [-0.25, -0.2) is 19.5 Å². The number of rotatable bonds is 11. The molecule has 53 heavy (non-hydrogen) atoms. The molecule has 1 aromatic carbocycles. The van der Waals surface area contributed by atoms with Crippen LogP contribution in [0.4, 0.5) is 4.79 Å². The van der Waals surface area contributed by atoms with Gasteiger partial charge in [0.1, 0.15) is 23.4 Å². The Bertz CT molecular complexity index is 2040. The van der Waals surface area contributed by atoms with Gasteiger partial charge in [-0.05, 0) is 56.8 Å². The van der Waals surface area contributed by atoms with Gasteiger partial charge in [0, 0.05) is 48.1 Å². The molecule has 2 aliphatic rings. The van der Waals surface area contributed by atoms with E-state index in [0.717, 1.165) is 5.39 Å². The summed E-state index contributed by atoms with van der Waals surface area (Å²) in [4.78, 5) is 64.8. The molecule has 5 atom stereocenters. The van der Waals surface area contributed by atoms with Crippen molar-refractivity contribution in [3.05, 3.63) is 55.6 Å². The number of pyridine rings is 1. The summed E-state index contributed by atoms with van der Waals surface area (Å²) < 4.78 is 46.9. The van der Waals surface area contributed by atoms with Crippen LogP contribution in [0.15, 0.2) is 60.7 Å². The van der Waals surface area contributed by atoms with Crippen LogP contribution in [-0.2, 0) is 36.2 Å². The fourth-order valence-electron chi connectivity index (χ4n) is 6.20. The molecule has 5 rings (SSSR count). The van der Waals surface area contributed by atoms with Crippen molar-refractivity contribution in [1.82, 2.24) is 34.8 Å². The number of carbonyl (C=O) groups is 4. The Kier molecular flexibility index (Phi) is 10.5. The number of carbonyl (C=O) groups excluding carboxylic acids is 4. The van der Waals surface area contributed by atoms with Gasteiger partial charge < -0.3 is 34.3 Å². The van der Waals surface area contributed by atoms with E-state index in [2.05, 4.69) is 27.2 Å². The first kappa shape index (κ1) is 39.0. The number of nitrogens with zero attached hydrogens (tertiary/aromatic N) is 4. The zero-order valence-electron chi connectivity index (χ0n) is 31.1. The lowest BCUT2D eigenvalue weighted by atomic mass is 9.88. The SMILES string of the molecule is C=C[C@@H]1C[C@]1(NC(=O)[C@@H]1CC(Oc2nccc3cc(OC)ccc23)CN1C(=O)[C@@H](OC(=O)NC(C)(C)C)C(C)(C)C)C(=O)NS(=O)(=O)c1cn(C)cn1. The molecule has 286 valence electrons. The lowest BCUT2D eigenvalue weighted by Gasteiger charge is -2.35. The van der Waals surface area contributed by atoms with Gasteiger partial charge in [-0.1, -0.05) is 26.8 Å². The van der Waals surface area contributed by atoms with Crippen LogP contribution in [-0.4, -0.2) is 94.6 Å². The van der Waals surface area contributed by atoms with E-state index in [1.165, 1.54) is 28.1 Å². The Morgan fingerprint density at radius 3 is 2.40 bits per heavy atom. The van der Waals surface area contributed by atoms with Crippen LogP contribution in [0.3, 0.4) is 0 Å². The number of benzene rings is 1. The predicted octanol–water partition coefficient (Wildman–Crippen LogP) is 2.83. The Hall–Kier alpha value is -5.19. The van der Waals surface area contributed by atoms with Crippen molar-refractivity contribution in [2.45, 2.75) is 88.7 Å². The molecule has 1 aliphatic heterocycles. The van der Waals surface area contributed by atoms with Crippen molar-refractivity contribution in [1.29, 1.82) is 0 Å². The van der Waals surface area contributed by atoms with E-state index in [0.29, 0.717) is 11.1 Å². The van der Waals surface area contributed by atoms with Crippen molar-refractivity contribution in [3.8, 4) is 11.6 Å². The number of amides is 4. The second-order valence-corrected chi connectivity index (χ2v) is 17.2. The summed E-state index contributed by atoms with van der Waals surface area (Å²) in [6.45, 7) is 14.2. The van der Waals surface area contributed by atoms with E-state index in [9.17, 15) is 27.6 Å². The molecule has 2 aromatic heterocycles. The van der Waals surface area contributed by atoms with Crippen molar-refractivity contribution in [3.63, 3.8) is 0 Å². The number of aromatic nitrogens is 3. The number of hydrogen-bond acceptors (Lipinski definition) is 11. The number of alkyl carbamates (subject to hydrolysis) is 1. The van der Waals surface area contributed by atoms with Gasteiger partial charge in [0.25, 0.3) is 21.8 Å². The third-order valence-corrected chi connectivity index (χ3v) is 10.2. The second kappa shape index (κ2) is 14.3. The molecule has 1 saturated carbocycles. The van der Waals surface area contributed by atoms with Gasteiger partial charge in [-0.3, -0.25) is 14.4 Å². The Balaban J connectivity index is 1.45. The van der Waals surface area contributed by atoms with Gasteiger partial charge in [-0.15, -0.1) is 6.58 Å². The summed E-state index contributed by atoms with van der Waals surface area (Å²) in [5.41, 5.74) is -3.23. The highest BCUT2D eigenvalue weighted by atomic mass is 32.2. The number of aryl methyl sites for hydroxylation is 1. The molecule has 16 nitrogen and oxygen atoms in total. The number of hydrogen-bond donors (Lipinski definition) is 3. The molecule has 0 spiro atoms. The Morgan fingerprint density at radius 1 is 1.09 bits per heavy atom. The van der Waals surface area contributed by atoms with Gasteiger partial charge >= 0.3 is 6.09 Å². The lowest BCUT2D eigenvalue weighted by Crippen LogP contribution is -2.58. The van der Waals surface area contributed by atoms with Crippen LogP contribution in [0.2, 0.25) is 0 Å². The van der Waals surface area contributed by atoms with Gasteiger partial charge in [0.05, 0.1) is 20.0 Å². The van der Waals surface area contributed by atoms with E-state index in [4.69, 9.17) is 14.2 Å². The number of imidazole rings is 1. The molecule has 4 amide bonds. The monoisotopic (exact) mass is 753 g/mol. The minimum Gasteiger partial charge on any atom is -0.497 e. The van der Waals surface area contributed by atoms with Crippen molar-refractivity contribution >= 4 is 44.6 Å². The summed E-state index contributed by atoms with van der Waals surface area (Å²) >= 11 is 0. The quantitative estimate of drug-likeness (QED) is 0.243. The number of ether oxygens (including phenoxy) is 3. The number of likely N-dealkylation sites (tertiary alicyclic amines) is 1. The predicted molar refractivity (Wildman–Crippen MR) is 193 cm³/mol. The van der Waals surface area contributed by atoms with E-state index in [1.807, 2.05) is 10.8 Å². The molecule has 3 aromatic rings. The van der Waals surface area contributed by atoms with E-state index >= 15 is 0 Å². The number of methoxy groups -OCH3 is 1. The zero-order valence-corrected chi connectivity index (χ0v) is 31.9. The standard InChI is InChI=1S/C36H47N7O9S/c1-10-22-17-36(22,32(46)41-53(48,49)27-19-42(8)20-38-27)39-29(44)26-16-24(51-30-25-12-11-23(50-9)15-21(25)13-14-37-30)18-43(26)31(45)28(34(2,3)4)52-33(47)40-35(5,6)7/h10-15,19-20,22,24,26,28H,1,16-18H2,2-9H3,(H,39,44)(H,40,47)(H,41,46)/t22-,24?,26+,28-,36-/m1/s1. The molecule has 1 unspecified atom stereocenters. The topological polar surface area (TPSA) is 200 Å². The summed E-state index contributed by atoms with van der Waals surface area (Å²) in [7, 11) is -1.24. The molecule has 1 saturated heterocycles. The smallest absolute Gasteiger partial charge is 0.408 e. The molecule has 17 heteroatoms. The minimum absolute atomic E-state index is 0.0282. The molecule has 0 bridgehead atoms. The fraction of sp³-hybridized carbons (Fsp3) is 0.500. The van der Waals surface area contributed by atoms with E-state index < -0.39 is 74.5 Å². The van der Waals surface area contributed by atoms with Gasteiger partial charge in [-0.2, -0.15) is 8.42 Å². The van der Waals surface area contributed by atoms with Crippen molar-refractivity contribution < 1.29 is 41.8 Å². The molecule has 3 heterocycles. The Labute approximate surface area is 308 Å². The third-order valence-electron chi connectivity index (χ3n) is 9.01. The number of nitrogens with one attached hydrogen (secondary N) is 3. The van der Waals surface area contributed by atoms with Crippen molar-refractivity contribution in [2.75, 3.05) is 13.7 Å². The molecule has 2 fully saturated rings. The van der Waals surface area contributed by atoms with Crippen LogP contribution < -0.4 is 24.8 Å². The average Bonchev–Trinajstić information content (AvgIpc) is 3.34. The first-order chi connectivity index (χ1) is 24.7.